The summed E-state index contributed by atoms with van der Waals surface area (Å²) in [6.45, 7) is 14.7. The predicted molar refractivity (Wildman–Crippen MR) is 225 cm³/mol. The molecule has 2 aliphatic rings. The van der Waals surface area contributed by atoms with Gasteiger partial charge in [-0.2, -0.15) is 0 Å². The Morgan fingerprint density at radius 2 is 0.788 bits per heavy atom. The van der Waals surface area contributed by atoms with Crippen LogP contribution in [0.15, 0.2) is 146 Å². The summed E-state index contributed by atoms with van der Waals surface area (Å²) in [5.74, 6) is -0.216. The molecule has 0 nitrogen and oxygen atoms in total. The quantitative estimate of drug-likeness (QED) is 0.127. The van der Waals surface area contributed by atoms with E-state index in [0.29, 0.717) is 19.2 Å². The average Bonchev–Trinajstić information content (AvgIpc) is 3.75. The van der Waals surface area contributed by atoms with Gasteiger partial charge in [0.15, 0.2) is 0 Å². The van der Waals surface area contributed by atoms with Gasteiger partial charge < -0.3 is 0 Å². The van der Waals surface area contributed by atoms with Crippen molar-refractivity contribution in [3.8, 4) is 22.3 Å². The van der Waals surface area contributed by atoms with E-state index < -0.39 is 26.6 Å². The van der Waals surface area contributed by atoms with E-state index >= 15 is 0 Å². The molecule has 2 aliphatic carbocycles. The Kier molecular flexibility index (Phi) is 9.89. The van der Waals surface area contributed by atoms with Crippen LogP contribution in [0.3, 0.4) is 0 Å². The summed E-state index contributed by atoms with van der Waals surface area (Å²) in [6.07, 6.45) is 5.25. The number of hydrogen-bond donors (Lipinski definition) is 0. The molecule has 0 fully saturated rings. The van der Waals surface area contributed by atoms with Crippen molar-refractivity contribution in [2.24, 2.45) is 0 Å². The fourth-order valence-electron chi connectivity index (χ4n) is 9.08. The van der Waals surface area contributed by atoms with E-state index in [2.05, 4.69) is 199 Å². The molecule has 0 saturated heterocycles. The Morgan fingerprint density at radius 1 is 0.423 bits per heavy atom. The monoisotopic (exact) mass is 857 g/mol. The first-order valence-electron chi connectivity index (χ1n) is 19.2. The topological polar surface area (TPSA) is 0 Å². The summed E-state index contributed by atoms with van der Waals surface area (Å²) in [5, 5.41) is 0. The molecule has 257 valence electrons. The van der Waals surface area contributed by atoms with Gasteiger partial charge in [0, 0.05) is 0 Å². The van der Waals surface area contributed by atoms with Crippen molar-refractivity contribution in [2.45, 2.75) is 60.0 Å². The normalized spacial score (nSPS) is 16.2. The zero-order valence-electron chi connectivity index (χ0n) is 31.4. The van der Waals surface area contributed by atoms with E-state index in [-0.39, 0.29) is 0 Å². The molecule has 0 radical (unpaired) electrons. The van der Waals surface area contributed by atoms with E-state index in [1.165, 1.54) is 55.6 Å². The van der Waals surface area contributed by atoms with Crippen molar-refractivity contribution in [2.75, 3.05) is 0 Å². The molecule has 0 spiro atoms. The van der Waals surface area contributed by atoms with E-state index in [4.69, 9.17) is 0 Å². The number of fused-ring (bicyclic) bond motifs is 2. The van der Waals surface area contributed by atoms with Gasteiger partial charge in [0.1, 0.15) is 0 Å². The molecule has 8 rings (SSSR count). The van der Waals surface area contributed by atoms with Gasteiger partial charge in [-0.15, -0.1) is 0 Å². The number of hydrogen-bond acceptors (Lipinski definition) is 0. The van der Waals surface area contributed by atoms with Gasteiger partial charge in [-0.05, 0) is 0 Å². The molecular formula is C50H49HfSi. The predicted octanol–water partition coefficient (Wildman–Crippen LogP) is 13.8. The van der Waals surface area contributed by atoms with Crippen LogP contribution in [0.5, 0.6) is 0 Å². The second kappa shape index (κ2) is 14.7. The second-order valence-corrected chi connectivity index (χ2v) is 43.5. The van der Waals surface area contributed by atoms with Crippen molar-refractivity contribution in [1.82, 2.24) is 0 Å². The van der Waals surface area contributed by atoms with Crippen LogP contribution in [0.1, 0.15) is 91.4 Å². The molecule has 0 amide bonds. The van der Waals surface area contributed by atoms with Crippen molar-refractivity contribution in [3.05, 3.63) is 190 Å². The average molecular weight is 857 g/mol. The van der Waals surface area contributed by atoms with Gasteiger partial charge in [-0.3, -0.25) is 0 Å². The Labute approximate surface area is 320 Å². The standard InChI is InChI=1S/2C24H21.C2H7Si.Hf/c2*1-17(2)21-12-6-7-13-22(21)23-14-8-11-19-15-20(16-24(19)23)18-9-4-3-5-10-18;1-3-2;/h2*3-17H,1-2H3;3H,1-2H3;. The first-order valence-corrected chi connectivity index (χ1v) is 32.4. The number of allylic oxidation sites excluding steroid dienone is 2. The zero-order chi connectivity index (χ0) is 35.9. The summed E-state index contributed by atoms with van der Waals surface area (Å²) in [4.78, 5) is 0. The fourth-order valence-corrected chi connectivity index (χ4v) is 40.6. The van der Waals surface area contributed by atoms with Crippen LogP contribution < -0.4 is 0 Å². The molecule has 2 heteroatoms. The van der Waals surface area contributed by atoms with Crippen molar-refractivity contribution < 1.29 is 20.6 Å². The minimum absolute atomic E-state index is 0.459. The van der Waals surface area contributed by atoms with Crippen LogP contribution in [-0.2, 0) is 20.6 Å². The maximum absolute atomic E-state index is 2.74. The summed E-state index contributed by atoms with van der Waals surface area (Å²) >= 11 is -2.74. The third kappa shape index (κ3) is 6.22. The third-order valence-electron chi connectivity index (χ3n) is 11.4. The Morgan fingerprint density at radius 3 is 1.17 bits per heavy atom. The van der Waals surface area contributed by atoms with Crippen LogP contribution in [0.25, 0.3) is 45.6 Å². The Bertz CT molecular complexity index is 2130. The molecular weight excluding hydrogens is 807 g/mol. The molecule has 52 heavy (non-hydrogen) atoms. The molecule has 6 aromatic rings. The molecule has 6 aromatic carbocycles. The molecule has 2 unspecified atom stereocenters. The van der Waals surface area contributed by atoms with Crippen LogP contribution in [0.2, 0.25) is 13.1 Å². The number of benzene rings is 6. The molecule has 0 N–H and O–H groups in total. The first-order chi connectivity index (χ1) is 25.3. The van der Waals surface area contributed by atoms with Crippen LogP contribution in [0, 0.1) is 0 Å². The maximum atomic E-state index is 2.69. The van der Waals surface area contributed by atoms with Crippen molar-refractivity contribution in [3.63, 3.8) is 0 Å². The van der Waals surface area contributed by atoms with Gasteiger partial charge in [-0.25, -0.2) is 0 Å². The van der Waals surface area contributed by atoms with E-state index in [0.717, 1.165) is 0 Å². The summed E-state index contributed by atoms with van der Waals surface area (Å²) < 4.78 is 0.991. The zero-order valence-corrected chi connectivity index (χ0v) is 36.1. The molecule has 0 saturated carbocycles. The fraction of sp³-hybridized carbons (Fsp3) is 0.200. The van der Waals surface area contributed by atoms with Crippen LogP contribution >= 0.6 is 0 Å². The Balaban J connectivity index is 1.37. The summed E-state index contributed by atoms with van der Waals surface area (Å²) in [5.41, 5.74) is 20.4. The van der Waals surface area contributed by atoms with Crippen LogP contribution in [0.4, 0.5) is 0 Å². The SMILES string of the molecule is CC(C)c1ccccc1-c1cccc2c1C=C(c1ccccc1)[CH]2[Hf]([CH]1C(c2ccccc2)=Cc2c(-c3ccccc3C(C)C)cccc21)[SiH](C)C. The molecule has 0 bridgehead atoms. The van der Waals surface area contributed by atoms with E-state index in [1.54, 1.807) is 22.3 Å². The van der Waals surface area contributed by atoms with Crippen molar-refractivity contribution >= 4 is 29.3 Å². The second-order valence-electron chi connectivity index (χ2n) is 15.6. The van der Waals surface area contributed by atoms with Gasteiger partial charge in [0.2, 0.25) is 0 Å². The summed E-state index contributed by atoms with van der Waals surface area (Å²) in [7, 11) is 0. The molecule has 2 atom stereocenters. The van der Waals surface area contributed by atoms with Crippen LogP contribution in [-0.4, -0.2) is 5.98 Å². The van der Waals surface area contributed by atoms with E-state index in [9.17, 15) is 0 Å². The first kappa shape index (κ1) is 34.9. The van der Waals surface area contributed by atoms with Gasteiger partial charge in [-0.1, -0.05) is 0 Å². The van der Waals surface area contributed by atoms with Crippen molar-refractivity contribution in [1.29, 1.82) is 0 Å². The summed E-state index contributed by atoms with van der Waals surface area (Å²) in [6, 6.07) is 55.5. The minimum atomic E-state index is -2.74. The molecule has 0 aliphatic heterocycles. The molecule has 0 heterocycles. The molecule has 0 aromatic heterocycles. The number of rotatable bonds is 9. The Hall–Kier alpha value is -4.11. The third-order valence-corrected chi connectivity index (χ3v) is 41.8. The van der Waals surface area contributed by atoms with Gasteiger partial charge in [0.25, 0.3) is 0 Å². The van der Waals surface area contributed by atoms with E-state index in [1.807, 2.05) is 0 Å². The van der Waals surface area contributed by atoms with Gasteiger partial charge >= 0.3 is 322 Å². The van der Waals surface area contributed by atoms with Gasteiger partial charge in [0.05, 0.1) is 0 Å².